The second-order valence-corrected chi connectivity index (χ2v) is 5.70. The maximum absolute atomic E-state index is 4.34. The highest BCUT2D eigenvalue weighted by Crippen LogP contribution is 2.17. The van der Waals surface area contributed by atoms with E-state index in [1.54, 1.807) is 0 Å². The lowest BCUT2D eigenvalue weighted by molar-refractivity contribution is 0.555. The van der Waals surface area contributed by atoms with Crippen molar-refractivity contribution in [1.29, 1.82) is 0 Å². The van der Waals surface area contributed by atoms with Gasteiger partial charge in [0.25, 0.3) is 0 Å². The van der Waals surface area contributed by atoms with E-state index >= 15 is 0 Å². The van der Waals surface area contributed by atoms with Crippen molar-refractivity contribution >= 4 is 21.6 Å². The Morgan fingerprint density at radius 3 is 2.53 bits per heavy atom. The monoisotopic (exact) mass is 325 g/mol. The van der Waals surface area contributed by atoms with Crippen molar-refractivity contribution in [3.8, 4) is 0 Å². The molecule has 1 aromatic carbocycles. The number of unbranched alkanes of at least 4 members (excludes halogenated alkanes) is 1. The smallest absolute Gasteiger partial charge is 0.0853 e. The molecule has 0 aliphatic heterocycles. The van der Waals surface area contributed by atoms with Gasteiger partial charge in [0.15, 0.2) is 0 Å². The fourth-order valence-corrected chi connectivity index (χ4v) is 1.94. The van der Waals surface area contributed by atoms with Crippen LogP contribution < -0.4 is 5.32 Å². The molecule has 0 aromatic heterocycles. The third-order valence-corrected chi connectivity index (χ3v) is 3.41. The molecule has 3 nitrogen and oxygen atoms in total. The van der Waals surface area contributed by atoms with Gasteiger partial charge in [-0.2, -0.15) is 10.2 Å². The highest BCUT2D eigenvalue weighted by Gasteiger charge is 1.99. The average Bonchev–Trinajstić information content (AvgIpc) is 2.42. The van der Waals surface area contributed by atoms with Crippen LogP contribution >= 0.6 is 15.9 Å². The van der Waals surface area contributed by atoms with Crippen molar-refractivity contribution in [3.63, 3.8) is 0 Å². The predicted molar refractivity (Wildman–Crippen MR) is 85.1 cm³/mol. The standard InChI is InChI=1S/C15H24BrN3/c1-3-4-11-17-12-5-6-13(2)18-19-15-9-7-14(16)8-10-15/h7-10,13,17H,3-6,11-12H2,1-2H3. The SMILES string of the molecule is CCCCNCCCC(C)N=Nc1ccc(Br)cc1. The molecular formula is C15H24BrN3. The Kier molecular flexibility index (Phi) is 8.67. The molecule has 0 spiro atoms. The molecule has 0 radical (unpaired) electrons. The molecule has 1 N–H and O–H groups in total. The zero-order valence-corrected chi connectivity index (χ0v) is 13.5. The number of halogens is 1. The first-order chi connectivity index (χ1) is 9.22. The van der Waals surface area contributed by atoms with Gasteiger partial charge in [0, 0.05) is 4.47 Å². The summed E-state index contributed by atoms with van der Waals surface area (Å²) in [6.45, 7) is 6.55. The summed E-state index contributed by atoms with van der Waals surface area (Å²) >= 11 is 3.41. The molecule has 1 aromatic rings. The van der Waals surface area contributed by atoms with Gasteiger partial charge in [-0.1, -0.05) is 29.3 Å². The van der Waals surface area contributed by atoms with Gasteiger partial charge in [0.2, 0.25) is 0 Å². The topological polar surface area (TPSA) is 36.8 Å². The van der Waals surface area contributed by atoms with Crippen LogP contribution in [0.2, 0.25) is 0 Å². The van der Waals surface area contributed by atoms with E-state index in [9.17, 15) is 0 Å². The number of azo groups is 1. The summed E-state index contributed by atoms with van der Waals surface area (Å²) in [7, 11) is 0. The fraction of sp³-hybridized carbons (Fsp3) is 0.600. The third kappa shape index (κ3) is 8.11. The van der Waals surface area contributed by atoms with E-state index in [-0.39, 0.29) is 6.04 Å². The molecule has 0 saturated carbocycles. The number of benzene rings is 1. The number of rotatable bonds is 9. The van der Waals surface area contributed by atoms with Crippen LogP contribution in [0.15, 0.2) is 39.0 Å². The van der Waals surface area contributed by atoms with Crippen LogP contribution in [0.25, 0.3) is 0 Å². The molecule has 0 bridgehead atoms. The van der Waals surface area contributed by atoms with Crippen molar-refractivity contribution in [2.45, 2.75) is 45.6 Å². The molecule has 1 unspecified atom stereocenters. The molecule has 0 aliphatic carbocycles. The number of nitrogens with zero attached hydrogens (tertiary/aromatic N) is 2. The molecule has 0 heterocycles. The van der Waals surface area contributed by atoms with Crippen molar-refractivity contribution in [2.75, 3.05) is 13.1 Å². The molecule has 1 atom stereocenters. The Morgan fingerprint density at radius 2 is 1.84 bits per heavy atom. The van der Waals surface area contributed by atoms with Gasteiger partial charge in [0.05, 0.1) is 11.7 Å². The van der Waals surface area contributed by atoms with E-state index in [4.69, 9.17) is 0 Å². The minimum absolute atomic E-state index is 0.289. The van der Waals surface area contributed by atoms with Gasteiger partial charge < -0.3 is 5.32 Å². The van der Waals surface area contributed by atoms with Crippen LogP contribution in [0.4, 0.5) is 5.69 Å². The summed E-state index contributed by atoms with van der Waals surface area (Å²) in [5, 5.41) is 12.0. The van der Waals surface area contributed by atoms with Crippen LogP contribution in [-0.2, 0) is 0 Å². The van der Waals surface area contributed by atoms with Gasteiger partial charge in [0.1, 0.15) is 0 Å². The predicted octanol–water partition coefficient (Wildman–Crippen LogP) is 5.09. The van der Waals surface area contributed by atoms with Gasteiger partial charge >= 0.3 is 0 Å². The number of nitrogens with one attached hydrogen (secondary N) is 1. The van der Waals surface area contributed by atoms with E-state index < -0.39 is 0 Å². The van der Waals surface area contributed by atoms with Gasteiger partial charge in [-0.3, -0.25) is 0 Å². The van der Waals surface area contributed by atoms with E-state index in [0.29, 0.717) is 0 Å². The minimum atomic E-state index is 0.289. The highest BCUT2D eigenvalue weighted by atomic mass is 79.9. The minimum Gasteiger partial charge on any atom is -0.317 e. The molecule has 0 aliphatic rings. The van der Waals surface area contributed by atoms with Crippen LogP contribution in [0.1, 0.15) is 39.5 Å². The molecule has 4 heteroatoms. The third-order valence-electron chi connectivity index (χ3n) is 2.88. The highest BCUT2D eigenvalue weighted by molar-refractivity contribution is 9.10. The maximum atomic E-state index is 4.34. The Morgan fingerprint density at radius 1 is 1.16 bits per heavy atom. The van der Waals surface area contributed by atoms with E-state index in [0.717, 1.165) is 36.1 Å². The van der Waals surface area contributed by atoms with Gasteiger partial charge in [-0.15, -0.1) is 0 Å². The Bertz CT molecular complexity index is 362. The summed E-state index contributed by atoms with van der Waals surface area (Å²) in [5.74, 6) is 0. The van der Waals surface area contributed by atoms with Crippen molar-refractivity contribution < 1.29 is 0 Å². The normalized spacial score (nSPS) is 13.0. The van der Waals surface area contributed by atoms with Crippen molar-refractivity contribution in [2.24, 2.45) is 10.2 Å². The summed E-state index contributed by atoms with van der Waals surface area (Å²) < 4.78 is 1.07. The van der Waals surface area contributed by atoms with Crippen LogP contribution in [0.5, 0.6) is 0 Å². The van der Waals surface area contributed by atoms with Crippen LogP contribution in [-0.4, -0.2) is 19.1 Å². The summed E-state index contributed by atoms with van der Waals surface area (Å²) in [6.07, 6.45) is 4.76. The first-order valence-electron chi connectivity index (χ1n) is 7.09. The number of hydrogen-bond donors (Lipinski definition) is 1. The summed E-state index contributed by atoms with van der Waals surface area (Å²) in [5.41, 5.74) is 0.913. The lowest BCUT2D eigenvalue weighted by Crippen LogP contribution is -2.17. The second-order valence-electron chi connectivity index (χ2n) is 4.79. The Balaban J connectivity index is 2.16. The van der Waals surface area contributed by atoms with E-state index in [1.807, 2.05) is 24.3 Å². The van der Waals surface area contributed by atoms with Crippen LogP contribution in [0.3, 0.4) is 0 Å². The van der Waals surface area contributed by atoms with Crippen LogP contribution in [0, 0.1) is 0 Å². The van der Waals surface area contributed by atoms with Gasteiger partial charge in [-0.05, 0) is 63.5 Å². The summed E-state index contributed by atoms with van der Waals surface area (Å²) in [6, 6.07) is 8.18. The molecule has 0 saturated heterocycles. The number of hydrogen-bond acceptors (Lipinski definition) is 3. The first-order valence-corrected chi connectivity index (χ1v) is 7.88. The zero-order valence-electron chi connectivity index (χ0n) is 11.9. The van der Waals surface area contributed by atoms with E-state index in [1.165, 1.54) is 12.8 Å². The zero-order chi connectivity index (χ0) is 13.9. The van der Waals surface area contributed by atoms with Crippen molar-refractivity contribution in [1.82, 2.24) is 5.32 Å². The Labute approximate surface area is 125 Å². The molecule has 0 fully saturated rings. The Hall–Kier alpha value is -0.740. The fourth-order valence-electron chi connectivity index (χ4n) is 1.68. The second kappa shape index (κ2) is 10.1. The molecule has 0 amide bonds. The average molecular weight is 326 g/mol. The van der Waals surface area contributed by atoms with Gasteiger partial charge in [-0.25, -0.2) is 0 Å². The molecule has 19 heavy (non-hydrogen) atoms. The lowest BCUT2D eigenvalue weighted by atomic mass is 10.2. The maximum Gasteiger partial charge on any atom is 0.0853 e. The molecule has 106 valence electrons. The largest absolute Gasteiger partial charge is 0.317 e. The lowest BCUT2D eigenvalue weighted by Gasteiger charge is -2.06. The van der Waals surface area contributed by atoms with Crippen molar-refractivity contribution in [3.05, 3.63) is 28.7 Å². The van der Waals surface area contributed by atoms with E-state index in [2.05, 4.69) is 45.3 Å². The first kappa shape index (κ1) is 16.3. The molecule has 1 rings (SSSR count). The summed E-state index contributed by atoms with van der Waals surface area (Å²) in [4.78, 5) is 0. The molecular weight excluding hydrogens is 302 g/mol. The quantitative estimate of drug-likeness (QED) is 0.498.